The van der Waals surface area contributed by atoms with Crippen molar-refractivity contribution in [3.05, 3.63) is 72.7 Å². The molecule has 28 heavy (non-hydrogen) atoms. The number of carbonyl (C=O) groups excluding carboxylic acids is 1. The van der Waals surface area contributed by atoms with E-state index in [1.54, 1.807) is 45.2 Å². The Morgan fingerprint density at radius 3 is 2.39 bits per heavy atom. The summed E-state index contributed by atoms with van der Waals surface area (Å²) in [5, 5.41) is 2.39. The molecule has 0 bridgehead atoms. The van der Waals surface area contributed by atoms with Crippen molar-refractivity contribution in [1.82, 2.24) is 4.98 Å². The van der Waals surface area contributed by atoms with Crippen molar-refractivity contribution >= 4 is 11.8 Å². The predicted octanol–water partition coefficient (Wildman–Crippen LogP) is 6.03. The summed E-state index contributed by atoms with van der Waals surface area (Å²) in [7, 11) is 0. The van der Waals surface area contributed by atoms with E-state index >= 15 is 0 Å². The third-order valence-corrected chi connectivity index (χ3v) is 3.61. The number of benzene rings is 2. The lowest BCUT2D eigenvalue weighted by atomic mass is 10.1. The van der Waals surface area contributed by atoms with E-state index in [0.29, 0.717) is 11.5 Å². The summed E-state index contributed by atoms with van der Waals surface area (Å²) >= 11 is 0. The number of carbonyl (C=O) groups is 1. The highest BCUT2D eigenvalue weighted by Crippen LogP contribution is 2.28. The molecule has 1 aromatic heterocycles. The average molecular weight is 380 g/mol. The van der Waals surface area contributed by atoms with Crippen LogP contribution in [0.15, 0.2) is 66.9 Å². The summed E-state index contributed by atoms with van der Waals surface area (Å²) in [6.07, 6.45) is 0.911. The molecule has 5 nitrogen and oxygen atoms in total. The van der Waals surface area contributed by atoms with E-state index in [1.165, 1.54) is 12.1 Å². The maximum Gasteiger partial charge on any atom is 0.412 e. The molecule has 6 heteroatoms. The molecule has 2 aromatic carbocycles. The molecule has 0 saturated heterocycles. The summed E-state index contributed by atoms with van der Waals surface area (Å²) in [5.74, 6) is 0.208. The van der Waals surface area contributed by atoms with Crippen LogP contribution >= 0.6 is 0 Å². The Bertz CT molecular complexity index is 969. The van der Waals surface area contributed by atoms with Crippen LogP contribution in [0.3, 0.4) is 0 Å². The lowest BCUT2D eigenvalue weighted by Crippen LogP contribution is -2.27. The topological polar surface area (TPSA) is 60.5 Å². The second-order valence-corrected chi connectivity index (χ2v) is 7.11. The molecule has 3 aromatic rings. The number of hydrogen-bond acceptors (Lipinski definition) is 4. The van der Waals surface area contributed by atoms with Gasteiger partial charge in [-0.15, -0.1) is 0 Å². The van der Waals surface area contributed by atoms with Gasteiger partial charge in [0.2, 0.25) is 0 Å². The molecule has 1 heterocycles. The fourth-order valence-corrected chi connectivity index (χ4v) is 2.45. The quantitative estimate of drug-likeness (QED) is 0.600. The molecule has 3 rings (SSSR count). The molecule has 1 amide bonds. The van der Waals surface area contributed by atoms with Crippen LogP contribution in [0, 0.1) is 5.82 Å². The molecule has 0 saturated carbocycles. The lowest BCUT2D eigenvalue weighted by Gasteiger charge is -2.19. The van der Waals surface area contributed by atoms with Gasteiger partial charge in [0.1, 0.15) is 17.1 Å². The standard InChI is InChI=1S/C22H21FN2O3/c1-22(2,3)28-21(26)25-19-10-9-16(13-18(19)23)27-17-11-12-24-20(14-17)15-7-5-4-6-8-15/h4-14H,1-3H3,(H,25,26). The van der Waals surface area contributed by atoms with Crippen molar-refractivity contribution in [2.24, 2.45) is 0 Å². The normalized spacial score (nSPS) is 11.0. The van der Waals surface area contributed by atoms with Gasteiger partial charge >= 0.3 is 6.09 Å². The molecule has 0 fully saturated rings. The lowest BCUT2D eigenvalue weighted by molar-refractivity contribution is 0.0635. The highest BCUT2D eigenvalue weighted by molar-refractivity contribution is 5.85. The van der Waals surface area contributed by atoms with Gasteiger partial charge in [-0.2, -0.15) is 0 Å². The van der Waals surface area contributed by atoms with Crippen molar-refractivity contribution in [2.75, 3.05) is 5.32 Å². The van der Waals surface area contributed by atoms with E-state index in [9.17, 15) is 9.18 Å². The van der Waals surface area contributed by atoms with Gasteiger partial charge in [-0.25, -0.2) is 9.18 Å². The van der Waals surface area contributed by atoms with Crippen LogP contribution < -0.4 is 10.1 Å². The molecule has 0 radical (unpaired) electrons. The molecular weight excluding hydrogens is 359 g/mol. The molecule has 0 unspecified atom stereocenters. The highest BCUT2D eigenvalue weighted by Gasteiger charge is 2.17. The van der Waals surface area contributed by atoms with Crippen LogP contribution in [0.5, 0.6) is 11.5 Å². The number of anilines is 1. The minimum atomic E-state index is -0.721. The molecule has 0 aliphatic carbocycles. The van der Waals surface area contributed by atoms with Gasteiger partial charge in [0, 0.05) is 23.9 Å². The minimum Gasteiger partial charge on any atom is -0.457 e. The number of ether oxygens (including phenoxy) is 2. The summed E-state index contributed by atoms with van der Waals surface area (Å²) < 4.78 is 25.2. The van der Waals surface area contributed by atoms with E-state index < -0.39 is 17.5 Å². The number of pyridine rings is 1. The molecule has 0 atom stereocenters. The Labute approximate surface area is 163 Å². The molecule has 1 N–H and O–H groups in total. The van der Waals surface area contributed by atoms with Crippen LogP contribution in [0.4, 0.5) is 14.9 Å². The summed E-state index contributed by atoms with van der Waals surface area (Å²) in [6.45, 7) is 5.20. The fraction of sp³-hybridized carbons (Fsp3) is 0.182. The molecule has 0 aliphatic rings. The third-order valence-electron chi connectivity index (χ3n) is 3.61. The Balaban J connectivity index is 1.72. The molecular formula is C22H21FN2O3. The number of amides is 1. The van der Waals surface area contributed by atoms with Crippen molar-refractivity contribution in [3.8, 4) is 22.8 Å². The zero-order valence-corrected chi connectivity index (χ0v) is 15.9. The van der Waals surface area contributed by atoms with Crippen LogP contribution in [-0.2, 0) is 4.74 Å². The number of nitrogens with zero attached hydrogens (tertiary/aromatic N) is 1. The smallest absolute Gasteiger partial charge is 0.412 e. The van der Waals surface area contributed by atoms with Gasteiger partial charge in [0.15, 0.2) is 5.82 Å². The van der Waals surface area contributed by atoms with Gasteiger partial charge < -0.3 is 9.47 Å². The van der Waals surface area contributed by atoms with E-state index in [1.807, 2.05) is 30.3 Å². The first-order valence-electron chi connectivity index (χ1n) is 8.79. The molecule has 0 spiro atoms. The third kappa shape index (κ3) is 5.30. The van der Waals surface area contributed by atoms with E-state index in [2.05, 4.69) is 10.3 Å². The predicted molar refractivity (Wildman–Crippen MR) is 106 cm³/mol. The monoisotopic (exact) mass is 380 g/mol. The van der Waals surface area contributed by atoms with Crippen molar-refractivity contribution in [2.45, 2.75) is 26.4 Å². The number of hydrogen-bond donors (Lipinski definition) is 1. The number of halogens is 1. The first-order chi connectivity index (χ1) is 13.3. The van der Waals surface area contributed by atoms with Gasteiger partial charge in [0.25, 0.3) is 0 Å². The number of rotatable bonds is 4. The Hall–Kier alpha value is -3.41. The Morgan fingerprint density at radius 2 is 1.71 bits per heavy atom. The number of nitrogens with one attached hydrogen (secondary N) is 1. The van der Waals surface area contributed by atoms with E-state index in [0.717, 1.165) is 11.3 Å². The largest absolute Gasteiger partial charge is 0.457 e. The SMILES string of the molecule is CC(C)(C)OC(=O)Nc1ccc(Oc2ccnc(-c3ccccc3)c2)cc1F. The molecule has 144 valence electrons. The second kappa shape index (κ2) is 8.08. The average Bonchev–Trinajstić information content (AvgIpc) is 2.63. The number of aromatic nitrogens is 1. The van der Waals surface area contributed by atoms with Crippen LogP contribution in [0.1, 0.15) is 20.8 Å². The van der Waals surface area contributed by atoms with Crippen LogP contribution in [-0.4, -0.2) is 16.7 Å². The first kappa shape index (κ1) is 19.4. The zero-order valence-electron chi connectivity index (χ0n) is 15.9. The summed E-state index contributed by atoms with van der Waals surface area (Å²) in [6, 6.07) is 17.3. The van der Waals surface area contributed by atoms with Gasteiger partial charge in [-0.05, 0) is 39.0 Å². The van der Waals surface area contributed by atoms with Gasteiger partial charge in [-0.1, -0.05) is 30.3 Å². The Morgan fingerprint density at radius 1 is 1.00 bits per heavy atom. The van der Waals surface area contributed by atoms with Crippen molar-refractivity contribution < 1.29 is 18.7 Å². The first-order valence-corrected chi connectivity index (χ1v) is 8.79. The van der Waals surface area contributed by atoms with E-state index in [4.69, 9.17) is 9.47 Å². The van der Waals surface area contributed by atoms with E-state index in [-0.39, 0.29) is 5.69 Å². The zero-order chi connectivity index (χ0) is 20.1. The highest BCUT2D eigenvalue weighted by atomic mass is 19.1. The van der Waals surface area contributed by atoms with Gasteiger partial charge in [-0.3, -0.25) is 10.3 Å². The maximum atomic E-state index is 14.3. The van der Waals surface area contributed by atoms with Crippen molar-refractivity contribution in [3.63, 3.8) is 0 Å². The molecule has 0 aliphatic heterocycles. The fourth-order valence-electron chi connectivity index (χ4n) is 2.45. The minimum absolute atomic E-state index is 0.0151. The maximum absolute atomic E-state index is 14.3. The van der Waals surface area contributed by atoms with Crippen LogP contribution in [0.25, 0.3) is 11.3 Å². The Kier molecular flexibility index (Phi) is 5.59. The second-order valence-electron chi connectivity index (χ2n) is 7.11. The van der Waals surface area contributed by atoms with Gasteiger partial charge in [0.05, 0.1) is 11.4 Å². The van der Waals surface area contributed by atoms with Crippen LogP contribution in [0.2, 0.25) is 0 Å². The summed E-state index contributed by atoms with van der Waals surface area (Å²) in [5.41, 5.74) is 1.06. The summed E-state index contributed by atoms with van der Waals surface area (Å²) in [4.78, 5) is 16.1. The van der Waals surface area contributed by atoms with Crippen molar-refractivity contribution in [1.29, 1.82) is 0 Å².